The molecule has 1 heterocycles. The molecule has 0 aliphatic heterocycles. The van der Waals surface area contributed by atoms with Crippen LogP contribution in [-0.4, -0.2) is 14.8 Å². The molecule has 2 aromatic rings. The Labute approximate surface area is 115 Å². The lowest BCUT2D eigenvalue weighted by Gasteiger charge is -2.20. The van der Waals surface area contributed by atoms with E-state index >= 15 is 0 Å². The average molecular weight is 361 g/mol. The molecule has 0 saturated heterocycles. The van der Waals surface area contributed by atoms with Crippen LogP contribution < -0.4 is 5.69 Å². The van der Waals surface area contributed by atoms with Crippen molar-refractivity contribution in [3.8, 4) is 0 Å². The minimum absolute atomic E-state index is 0.340. The highest BCUT2D eigenvalue weighted by Crippen LogP contribution is 2.25. The van der Waals surface area contributed by atoms with Crippen molar-refractivity contribution in [2.75, 3.05) is 0 Å². The lowest BCUT2D eigenvalue weighted by Crippen LogP contribution is -2.37. The maximum Gasteiger partial charge on any atom is 0.365 e. The number of hydrogen-bond acceptors (Lipinski definition) is 3. The van der Waals surface area contributed by atoms with Crippen molar-refractivity contribution < 1.29 is 0 Å². The van der Waals surface area contributed by atoms with E-state index in [1.165, 1.54) is 4.68 Å². The molecule has 90 valence electrons. The molecule has 0 spiro atoms. The lowest BCUT2D eigenvalue weighted by atomic mass is 10.1. The molecule has 0 aliphatic rings. The normalized spacial score (nSPS) is 12.1. The van der Waals surface area contributed by atoms with E-state index < -0.39 is 0 Å². The van der Waals surface area contributed by atoms with Gasteiger partial charge in [-0.25, -0.2) is 9.48 Å². The van der Waals surface area contributed by atoms with Crippen molar-refractivity contribution in [2.45, 2.75) is 26.3 Å². The summed E-state index contributed by atoms with van der Waals surface area (Å²) >= 11 is 6.77. The molecule has 0 amide bonds. The summed E-state index contributed by atoms with van der Waals surface area (Å²) in [5.41, 5.74) is 0.542. The van der Waals surface area contributed by atoms with E-state index in [0.29, 0.717) is 11.0 Å². The van der Waals surface area contributed by atoms with E-state index in [1.807, 2.05) is 32.9 Å². The predicted molar refractivity (Wildman–Crippen MR) is 74.2 cm³/mol. The molecule has 0 fully saturated rings. The number of nitrogens with zero attached hydrogens (tertiary/aromatic N) is 3. The Bertz CT molecular complexity index is 643. The summed E-state index contributed by atoms with van der Waals surface area (Å²) in [4.78, 5) is 15.9. The van der Waals surface area contributed by atoms with E-state index in [4.69, 9.17) is 0 Å². The highest BCUT2D eigenvalue weighted by molar-refractivity contribution is 9.11. The Morgan fingerprint density at radius 2 is 1.88 bits per heavy atom. The SMILES string of the molecule is CC(C)(C)n1nc2cc(Br)cc(Br)c2nc1=O. The largest absolute Gasteiger partial charge is 0.365 e. The van der Waals surface area contributed by atoms with E-state index in [-0.39, 0.29) is 11.2 Å². The van der Waals surface area contributed by atoms with Crippen LogP contribution in [0.15, 0.2) is 25.9 Å². The Kier molecular flexibility index (Phi) is 3.12. The molecule has 0 atom stereocenters. The zero-order chi connectivity index (χ0) is 12.8. The first-order chi connectivity index (χ1) is 7.79. The zero-order valence-corrected chi connectivity index (χ0v) is 12.8. The standard InChI is InChI=1S/C11H11Br2N3O/c1-11(2,3)16-10(17)14-9-7(13)4-6(12)5-8(9)15-16/h4-5H,1-3H3. The van der Waals surface area contributed by atoms with Gasteiger partial charge in [-0.3, -0.25) is 0 Å². The third kappa shape index (κ3) is 2.42. The predicted octanol–water partition coefficient (Wildman–Crippen LogP) is 3.07. The van der Waals surface area contributed by atoms with E-state index in [9.17, 15) is 4.79 Å². The summed E-state index contributed by atoms with van der Waals surface area (Å²) in [5.74, 6) is 0. The first-order valence-electron chi connectivity index (χ1n) is 5.05. The first-order valence-corrected chi connectivity index (χ1v) is 6.64. The molecular formula is C11H11Br2N3O. The number of halogens is 2. The maximum atomic E-state index is 11.9. The van der Waals surface area contributed by atoms with Crippen LogP contribution in [0, 0.1) is 0 Å². The van der Waals surface area contributed by atoms with Crippen LogP contribution in [0.2, 0.25) is 0 Å². The molecule has 0 radical (unpaired) electrons. The minimum Gasteiger partial charge on any atom is -0.244 e. The fourth-order valence-corrected chi connectivity index (χ4v) is 2.76. The number of benzene rings is 1. The van der Waals surface area contributed by atoms with Crippen LogP contribution in [0.5, 0.6) is 0 Å². The van der Waals surface area contributed by atoms with Crippen molar-refractivity contribution in [1.82, 2.24) is 14.8 Å². The average Bonchev–Trinajstić information content (AvgIpc) is 2.16. The van der Waals surface area contributed by atoms with Gasteiger partial charge in [0.25, 0.3) is 0 Å². The Balaban J connectivity index is 2.86. The number of aromatic nitrogens is 3. The van der Waals surface area contributed by atoms with E-state index in [0.717, 1.165) is 8.95 Å². The molecule has 1 aromatic carbocycles. The summed E-state index contributed by atoms with van der Waals surface area (Å²) in [6.45, 7) is 5.76. The van der Waals surface area contributed by atoms with Crippen molar-refractivity contribution in [1.29, 1.82) is 0 Å². The van der Waals surface area contributed by atoms with Crippen LogP contribution in [0.3, 0.4) is 0 Å². The van der Waals surface area contributed by atoms with Gasteiger partial charge in [0.05, 0.1) is 5.54 Å². The van der Waals surface area contributed by atoms with Gasteiger partial charge in [0, 0.05) is 8.95 Å². The van der Waals surface area contributed by atoms with Gasteiger partial charge in [-0.15, -0.1) is 0 Å². The fraction of sp³-hybridized carbons (Fsp3) is 0.364. The molecule has 0 unspecified atom stereocenters. The summed E-state index contributed by atoms with van der Waals surface area (Å²) in [6.07, 6.45) is 0. The van der Waals surface area contributed by atoms with Gasteiger partial charge < -0.3 is 0 Å². The van der Waals surface area contributed by atoms with Crippen molar-refractivity contribution >= 4 is 42.9 Å². The molecule has 6 heteroatoms. The second kappa shape index (κ2) is 4.17. The third-order valence-electron chi connectivity index (χ3n) is 2.24. The van der Waals surface area contributed by atoms with Crippen molar-refractivity contribution in [3.05, 3.63) is 31.6 Å². The smallest absolute Gasteiger partial charge is 0.244 e. The minimum atomic E-state index is -0.382. The van der Waals surface area contributed by atoms with Gasteiger partial charge in [0.15, 0.2) is 0 Å². The molecule has 2 rings (SSSR count). The molecule has 1 aromatic heterocycles. The van der Waals surface area contributed by atoms with Crippen molar-refractivity contribution in [3.63, 3.8) is 0 Å². The van der Waals surface area contributed by atoms with E-state index in [1.54, 1.807) is 0 Å². The quantitative estimate of drug-likeness (QED) is 0.725. The molecular weight excluding hydrogens is 350 g/mol. The number of hydrogen-bond donors (Lipinski definition) is 0. The van der Waals surface area contributed by atoms with Crippen LogP contribution >= 0.6 is 31.9 Å². The molecule has 0 aliphatic carbocycles. The maximum absolute atomic E-state index is 11.9. The second-order valence-electron chi connectivity index (χ2n) is 4.73. The summed E-state index contributed by atoms with van der Waals surface area (Å²) < 4.78 is 3.05. The van der Waals surface area contributed by atoms with Crippen molar-refractivity contribution in [2.24, 2.45) is 0 Å². The first kappa shape index (κ1) is 12.7. The highest BCUT2D eigenvalue weighted by atomic mass is 79.9. The van der Waals surface area contributed by atoms with Crippen LogP contribution in [0.4, 0.5) is 0 Å². The summed E-state index contributed by atoms with van der Waals surface area (Å²) in [5, 5.41) is 4.35. The molecule has 0 saturated carbocycles. The van der Waals surface area contributed by atoms with E-state index in [2.05, 4.69) is 41.9 Å². The van der Waals surface area contributed by atoms with Gasteiger partial charge in [-0.2, -0.15) is 10.1 Å². The van der Waals surface area contributed by atoms with Crippen LogP contribution in [0.25, 0.3) is 11.0 Å². The number of rotatable bonds is 0. The van der Waals surface area contributed by atoms with Crippen LogP contribution in [0.1, 0.15) is 20.8 Å². The fourth-order valence-electron chi connectivity index (χ4n) is 1.47. The monoisotopic (exact) mass is 359 g/mol. The third-order valence-corrected chi connectivity index (χ3v) is 3.30. The molecule has 4 nitrogen and oxygen atoms in total. The Hall–Kier alpha value is -0.750. The topological polar surface area (TPSA) is 47.8 Å². The van der Waals surface area contributed by atoms with Gasteiger partial charge in [-0.05, 0) is 48.8 Å². The van der Waals surface area contributed by atoms with Gasteiger partial charge in [0.2, 0.25) is 0 Å². The van der Waals surface area contributed by atoms with Gasteiger partial charge >= 0.3 is 5.69 Å². The highest BCUT2D eigenvalue weighted by Gasteiger charge is 2.18. The van der Waals surface area contributed by atoms with Gasteiger partial charge in [0.1, 0.15) is 11.0 Å². The lowest BCUT2D eigenvalue weighted by molar-refractivity contribution is 0.336. The molecule has 0 N–H and O–H groups in total. The van der Waals surface area contributed by atoms with Gasteiger partial charge in [-0.1, -0.05) is 15.9 Å². The Morgan fingerprint density at radius 3 is 2.47 bits per heavy atom. The summed E-state index contributed by atoms with van der Waals surface area (Å²) in [7, 11) is 0. The summed E-state index contributed by atoms with van der Waals surface area (Å²) in [6, 6.07) is 3.69. The molecule has 0 bridgehead atoms. The zero-order valence-electron chi connectivity index (χ0n) is 9.66. The Morgan fingerprint density at radius 1 is 1.24 bits per heavy atom. The molecule has 17 heavy (non-hydrogen) atoms. The number of fused-ring (bicyclic) bond motifs is 1. The van der Waals surface area contributed by atoms with Crippen LogP contribution in [-0.2, 0) is 5.54 Å². The second-order valence-corrected chi connectivity index (χ2v) is 6.50.